The fourth-order valence-electron chi connectivity index (χ4n) is 1.19. The molecule has 0 aliphatic heterocycles. The third-order valence-electron chi connectivity index (χ3n) is 1.85. The minimum absolute atomic E-state index is 0.00806. The van der Waals surface area contributed by atoms with Crippen LogP contribution in [0.3, 0.4) is 0 Å². The molecule has 5 nitrogen and oxygen atoms in total. The Morgan fingerprint density at radius 1 is 1.36 bits per heavy atom. The van der Waals surface area contributed by atoms with E-state index in [1.165, 1.54) is 24.7 Å². The molecule has 2 N–H and O–H groups in total. The molecule has 0 atom stereocenters. The second kappa shape index (κ2) is 2.95. The molecule has 0 aliphatic carbocycles. The molecule has 70 valence electrons. The summed E-state index contributed by atoms with van der Waals surface area (Å²) in [5, 5.41) is 18.6. The zero-order chi connectivity index (χ0) is 10.1. The zero-order valence-electron chi connectivity index (χ0n) is 7.01. The second-order valence-corrected chi connectivity index (χ2v) is 2.76. The van der Waals surface area contributed by atoms with E-state index in [1.807, 2.05) is 0 Å². The third kappa shape index (κ3) is 1.24. The first-order valence-corrected chi connectivity index (χ1v) is 3.84. The first-order chi connectivity index (χ1) is 6.68. The van der Waals surface area contributed by atoms with Crippen molar-refractivity contribution < 1.29 is 15.0 Å². The van der Waals surface area contributed by atoms with Gasteiger partial charge in [-0.15, -0.1) is 0 Å². The number of hydrogen-bond acceptors (Lipinski definition) is 4. The molecule has 0 unspecified atom stereocenters. The van der Waals surface area contributed by atoms with Gasteiger partial charge in [0.15, 0.2) is 0 Å². The smallest absolute Gasteiger partial charge is 0.335 e. The molecule has 0 amide bonds. The predicted molar refractivity (Wildman–Crippen MR) is 48.2 cm³/mol. The Bertz CT molecular complexity index is 510. The van der Waals surface area contributed by atoms with Crippen LogP contribution in [0.5, 0.6) is 5.75 Å². The molecule has 5 heteroatoms. The van der Waals surface area contributed by atoms with E-state index in [4.69, 9.17) is 5.11 Å². The Morgan fingerprint density at radius 3 is 2.86 bits per heavy atom. The number of aromatic nitrogens is 2. The molecule has 14 heavy (non-hydrogen) atoms. The van der Waals surface area contributed by atoms with E-state index in [9.17, 15) is 9.90 Å². The lowest BCUT2D eigenvalue weighted by Gasteiger charge is -2.00. The fourth-order valence-corrected chi connectivity index (χ4v) is 1.19. The number of nitrogens with zero attached hydrogens (tertiary/aromatic N) is 2. The average Bonchev–Trinajstić information content (AvgIpc) is 2.17. The maximum atomic E-state index is 10.6. The molecule has 0 fully saturated rings. The van der Waals surface area contributed by atoms with E-state index in [1.54, 1.807) is 0 Å². The van der Waals surface area contributed by atoms with E-state index >= 15 is 0 Å². The van der Waals surface area contributed by atoms with E-state index in [2.05, 4.69) is 9.97 Å². The lowest BCUT2D eigenvalue weighted by Crippen LogP contribution is -1.96. The molecule has 0 bridgehead atoms. The van der Waals surface area contributed by atoms with Gasteiger partial charge in [0.1, 0.15) is 12.1 Å². The number of aromatic hydroxyl groups is 1. The van der Waals surface area contributed by atoms with Crippen LogP contribution in [-0.4, -0.2) is 26.2 Å². The van der Waals surface area contributed by atoms with Gasteiger partial charge in [0.05, 0.1) is 16.5 Å². The number of carboxylic acid groups (broad SMARTS) is 1. The van der Waals surface area contributed by atoms with Crippen molar-refractivity contribution in [1.82, 2.24) is 9.97 Å². The van der Waals surface area contributed by atoms with Crippen LogP contribution in [0.15, 0.2) is 24.7 Å². The van der Waals surface area contributed by atoms with Gasteiger partial charge >= 0.3 is 5.97 Å². The van der Waals surface area contributed by atoms with E-state index in [0.717, 1.165) is 0 Å². The standard InChI is InChI=1S/C9H6N2O3/c12-8-2-5(9(13)14)1-7-6(8)3-10-4-11-7/h1-4,12H,(H,13,14). The van der Waals surface area contributed by atoms with Crippen molar-refractivity contribution in [3.63, 3.8) is 0 Å². The molecule has 1 aromatic carbocycles. The normalized spacial score (nSPS) is 10.3. The highest BCUT2D eigenvalue weighted by molar-refractivity contribution is 5.95. The monoisotopic (exact) mass is 190 g/mol. The molecular formula is C9H6N2O3. The Balaban J connectivity index is 2.78. The number of fused-ring (bicyclic) bond motifs is 1. The number of hydrogen-bond donors (Lipinski definition) is 2. The lowest BCUT2D eigenvalue weighted by atomic mass is 10.1. The summed E-state index contributed by atoms with van der Waals surface area (Å²) < 4.78 is 0. The molecule has 1 heterocycles. The molecular weight excluding hydrogens is 184 g/mol. The van der Waals surface area contributed by atoms with E-state index in [0.29, 0.717) is 10.9 Å². The van der Waals surface area contributed by atoms with Crippen LogP contribution >= 0.6 is 0 Å². The van der Waals surface area contributed by atoms with Crippen LogP contribution in [0.1, 0.15) is 10.4 Å². The number of phenolic OH excluding ortho intramolecular Hbond substituents is 1. The van der Waals surface area contributed by atoms with Gasteiger partial charge in [-0.3, -0.25) is 0 Å². The minimum Gasteiger partial charge on any atom is -0.507 e. The highest BCUT2D eigenvalue weighted by Crippen LogP contribution is 2.23. The second-order valence-electron chi connectivity index (χ2n) is 2.76. The first kappa shape index (κ1) is 8.43. The largest absolute Gasteiger partial charge is 0.507 e. The average molecular weight is 190 g/mol. The Hall–Kier alpha value is -2.17. The number of carboxylic acids is 1. The van der Waals surface area contributed by atoms with E-state index in [-0.39, 0.29) is 11.3 Å². The highest BCUT2D eigenvalue weighted by Gasteiger charge is 2.08. The van der Waals surface area contributed by atoms with Crippen molar-refractivity contribution in [2.24, 2.45) is 0 Å². The van der Waals surface area contributed by atoms with Gasteiger partial charge in [0.2, 0.25) is 0 Å². The van der Waals surface area contributed by atoms with Crippen LogP contribution in [0.25, 0.3) is 10.9 Å². The number of aromatic carboxylic acids is 1. The van der Waals surface area contributed by atoms with Crippen LogP contribution in [-0.2, 0) is 0 Å². The minimum atomic E-state index is -1.10. The number of rotatable bonds is 1. The molecule has 1 aromatic heterocycles. The topological polar surface area (TPSA) is 83.3 Å². The summed E-state index contributed by atoms with van der Waals surface area (Å²) in [6, 6.07) is 2.56. The molecule has 0 saturated carbocycles. The summed E-state index contributed by atoms with van der Waals surface area (Å²) in [6.07, 6.45) is 2.73. The molecule has 2 rings (SSSR count). The Labute approximate surface area is 78.7 Å². The van der Waals surface area contributed by atoms with Gasteiger partial charge in [-0.2, -0.15) is 0 Å². The van der Waals surface area contributed by atoms with Crippen LogP contribution in [0.4, 0.5) is 0 Å². The summed E-state index contributed by atoms with van der Waals surface area (Å²) in [7, 11) is 0. The van der Waals surface area contributed by atoms with Crippen LogP contribution in [0, 0.1) is 0 Å². The first-order valence-electron chi connectivity index (χ1n) is 3.84. The van der Waals surface area contributed by atoms with Gasteiger partial charge in [0, 0.05) is 6.20 Å². The van der Waals surface area contributed by atoms with Gasteiger partial charge in [0.25, 0.3) is 0 Å². The summed E-state index contributed by atoms with van der Waals surface area (Å²) in [4.78, 5) is 18.2. The number of phenols is 1. The van der Waals surface area contributed by atoms with E-state index < -0.39 is 5.97 Å². The number of benzene rings is 1. The Kier molecular flexibility index (Phi) is 1.78. The molecule has 0 spiro atoms. The maximum Gasteiger partial charge on any atom is 0.335 e. The SMILES string of the molecule is O=C(O)c1cc(O)c2cncnc2c1. The van der Waals surface area contributed by atoms with Gasteiger partial charge < -0.3 is 10.2 Å². The van der Waals surface area contributed by atoms with Crippen molar-refractivity contribution in [3.8, 4) is 5.75 Å². The molecule has 0 saturated heterocycles. The third-order valence-corrected chi connectivity index (χ3v) is 1.85. The summed E-state index contributed by atoms with van der Waals surface area (Å²) in [5.74, 6) is -1.22. The quantitative estimate of drug-likeness (QED) is 0.701. The molecule has 2 aromatic rings. The van der Waals surface area contributed by atoms with Gasteiger partial charge in [-0.25, -0.2) is 14.8 Å². The highest BCUT2D eigenvalue weighted by atomic mass is 16.4. The van der Waals surface area contributed by atoms with Crippen molar-refractivity contribution in [3.05, 3.63) is 30.2 Å². The van der Waals surface area contributed by atoms with Crippen molar-refractivity contribution in [2.75, 3.05) is 0 Å². The fraction of sp³-hybridized carbons (Fsp3) is 0. The zero-order valence-corrected chi connectivity index (χ0v) is 7.01. The van der Waals surface area contributed by atoms with Crippen LogP contribution < -0.4 is 0 Å². The van der Waals surface area contributed by atoms with Crippen LogP contribution in [0.2, 0.25) is 0 Å². The van der Waals surface area contributed by atoms with Crippen molar-refractivity contribution >= 4 is 16.9 Å². The molecule has 0 aliphatic rings. The molecule has 0 radical (unpaired) electrons. The maximum absolute atomic E-state index is 10.6. The predicted octanol–water partition coefficient (Wildman–Crippen LogP) is 1.03. The van der Waals surface area contributed by atoms with Gasteiger partial charge in [-0.1, -0.05) is 0 Å². The summed E-state index contributed by atoms with van der Waals surface area (Å²) >= 11 is 0. The summed E-state index contributed by atoms with van der Waals surface area (Å²) in [6.45, 7) is 0. The Morgan fingerprint density at radius 2 is 2.14 bits per heavy atom. The lowest BCUT2D eigenvalue weighted by molar-refractivity contribution is 0.0696. The van der Waals surface area contributed by atoms with Crippen molar-refractivity contribution in [2.45, 2.75) is 0 Å². The summed E-state index contributed by atoms with van der Waals surface area (Å²) in [5.41, 5.74) is 0.422. The van der Waals surface area contributed by atoms with Crippen molar-refractivity contribution in [1.29, 1.82) is 0 Å². The van der Waals surface area contributed by atoms with Gasteiger partial charge in [-0.05, 0) is 12.1 Å². The number of carbonyl (C=O) groups is 1.